The molecule has 1 aliphatic rings. The largest absolute Gasteiger partial charge is 0.481 e. The second-order valence-electron chi connectivity index (χ2n) is 6.84. The monoisotopic (exact) mass is 303 g/mol. The number of aliphatic carboxylic acids is 1. The van der Waals surface area contributed by atoms with Crippen molar-refractivity contribution in [1.82, 2.24) is 0 Å². The molecule has 0 spiro atoms. The highest BCUT2D eigenvalue weighted by Crippen LogP contribution is 2.40. The molecule has 22 heavy (non-hydrogen) atoms. The van der Waals surface area contributed by atoms with Gasteiger partial charge in [-0.2, -0.15) is 0 Å². The molecule has 4 nitrogen and oxygen atoms in total. The predicted molar refractivity (Wildman–Crippen MR) is 86.9 cm³/mol. The van der Waals surface area contributed by atoms with Crippen molar-refractivity contribution in [3.8, 4) is 0 Å². The van der Waals surface area contributed by atoms with Crippen molar-refractivity contribution in [2.24, 2.45) is 11.3 Å². The van der Waals surface area contributed by atoms with Crippen LogP contribution in [0.5, 0.6) is 0 Å². The van der Waals surface area contributed by atoms with Gasteiger partial charge in [0.05, 0.1) is 5.92 Å². The molecule has 1 amide bonds. The van der Waals surface area contributed by atoms with Crippen molar-refractivity contribution >= 4 is 17.6 Å². The van der Waals surface area contributed by atoms with Crippen molar-refractivity contribution in [1.29, 1.82) is 0 Å². The Balaban J connectivity index is 2.04. The first-order valence-corrected chi connectivity index (χ1v) is 7.96. The summed E-state index contributed by atoms with van der Waals surface area (Å²) in [5.41, 5.74) is 1.08. The summed E-state index contributed by atoms with van der Waals surface area (Å²) in [7, 11) is 0. The minimum absolute atomic E-state index is 0.0402. The summed E-state index contributed by atoms with van der Waals surface area (Å²) < 4.78 is 0. The van der Waals surface area contributed by atoms with Crippen molar-refractivity contribution in [2.75, 3.05) is 5.32 Å². The van der Waals surface area contributed by atoms with Gasteiger partial charge in [-0.15, -0.1) is 0 Å². The van der Waals surface area contributed by atoms with Gasteiger partial charge in [0.15, 0.2) is 0 Å². The Labute approximate surface area is 131 Å². The molecule has 1 aromatic carbocycles. The highest BCUT2D eigenvalue weighted by atomic mass is 16.4. The first-order valence-electron chi connectivity index (χ1n) is 7.96. The Morgan fingerprint density at radius 2 is 1.73 bits per heavy atom. The van der Waals surface area contributed by atoms with E-state index in [1.807, 2.05) is 13.8 Å². The molecule has 0 radical (unpaired) electrons. The van der Waals surface area contributed by atoms with E-state index in [0.717, 1.165) is 24.1 Å². The molecule has 1 fully saturated rings. The highest BCUT2D eigenvalue weighted by molar-refractivity contribution is 5.95. The predicted octanol–water partition coefficient (Wildman–Crippen LogP) is 4.03. The third kappa shape index (κ3) is 3.49. The molecule has 1 saturated carbocycles. The van der Waals surface area contributed by atoms with Crippen molar-refractivity contribution < 1.29 is 14.7 Å². The molecule has 0 heterocycles. The summed E-state index contributed by atoms with van der Waals surface area (Å²) in [4.78, 5) is 23.5. The summed E-state index contributed by atoms with van der Waals surface area (Å²) in [5.74, 6) is -0.906. The Kier molecular flexibility index (Phi) is 4.89. The van der Waals surface area contributed by atoms with Crippen LogP contribution in [-0.4, -0.2) is 17.0 Å². The van der Waals surface area contributed by atoms with E-state index >= 15 is 0 Å². The summed E-state index contributed by atoms with van der Waals surface area (Å²) in [5, 5.41) is 12.0. The maximum absolute atomic E-state index is 12.5. The fraction of sp³-hybridized carbons (Fsp3) is 0.556. The number of hydrogen-bond donors (Lipinski definition) is 2. The van der Waals surface area contributed by atoms with E-state index < -0.39 is 11.9 Å². The maximum atomic E-state index is 12.5. The Hall–Kier alpha value is -1.84. The van der Waals surface area contributed by atoms with Crippen LogP contribution in [0.3, 0.4) is 0 Å². The average molecular weight is 303 g/mol. The highest BCUT2D eigenvalue weighted by Gasteiger charge is 2.38. The van der Waals surface area contributed by atoms with Gasteiger partial charge in [-0.05, 0) is 43.4 Å². The minimum Gasteiger partial charge on any atom is -0.481 e. The van der Waals surface area contributed by atoms with E-state index in [0.29, 0.717) is 5.92 Å². The molecule has 1 unspecified atom stereocenters. The van der Waals surface area contributed by atoms with Gasteiger partial charge in [-0.25, -0.2) is 0 Å². The lowest BCUT2D eigenvalue weighted by molar-refractivity contribution is -0.138. The number of benzene rings is 1. The second kappa shape index (κ2) is 6.51. The molecular weight excluding hydrogens is 278 g/mol. The van der Waals surface area contributed by atoms with Gasteiger partial charge in [-0.1, -0.05) is 38.8 Å². The van der Waals surface area contributed by atoms with E-state index in [9.17, 15) is 9.59 Å². The number of carbonyl (C=O) groups is 2. The fourth-order valence-electron chi connectivity index (χ4n) is 3.12. The smallest absolute Gasteiger partial charge is 0.310 e. The Bertz CT molecular complexity index is 542. The van der Waals surface area contributed by atoms with E-state index in [1.165, 1.54) is 12.8 Å². The number of nitrogens with one attached hydrogen (secondary N) is 1. The molecule has 4 heteroatoms. The van der Waals surface area contributed by atoms with Crippen LogP contribution in [-0.2, 0) is 9.59 Å². The number of amides is 1. The van der Waals surface area contributed by atoms with Gasteiger partial charge < -0.3 is 10.4 Å². The van der Waals surface area contributed by atoms with Crippen molar-refractivity contribution in [2.45, 2.75) is 52.4 Å². The molecule has 0 bridgehead atoms. The van der Waals surface area contributed by atoms with E-state index in [-0.39, 0.29) is 11.3 Å². The molecule has 2 N–H and O–H groups in total. The summed E-state index contributed by atoms with van der Waals surface area (Å²) in [6.45, 7) is 5.68. The second-order valence-corrected chi connectivity index (χ2v) is 6.84. The lowest BCUT2D eigenvalue weighted by atomic mass is 9.77. The maximum Gasteiger partial charge on any atom is 0.310 e. The molecule has 2 rings (SSSR count). The zero-order valence-corrected chi connectivity index (χ0v) is 13.6. The molecule has 0 aliphatic heterocycles. The summed E-state index contributed by atoms with van der Waals surface area (Å²) in [6, 6.07) is 7.07. The molecular formula is C18H25NO3. The van der Waals surface area contributed by atoms with Crippen LogP contribution in [0, 0.1) is 11.3 Å². The molecule has 0 aromatic heterocycles. The number of rotatable bonds is 5. The lowest BCUT2D eigenvalue weighted by Gasteiger charge is -2.30. The van der Waals surface area contributed by atoms with Crippen LogP contribution in [0.1, 0.15) is 57.9 Å². The number of carbonyl (C=O) groups excluding carboxylic acids is 1. The number of anilines is 1. The van der Waals surface area contributed by atoms with Crippen LogP contribution in [0.2, 0.25) is 0 Å². The Morgan fingerprint density at radius 3 is 2.23 bits per heavy atom. The van der Waals surface area contributed by atoms with Crippen molar-refractivity contribution in [3.05, 3.63) is 29.8 Å². The normalized spacial score (nSPS) is 17.2. The average Bonchev–Trinajstić information content (AvgIpc) is 3.02. The van der Waals surface area contributed by atoms with Gasteiger partial charge in [0.2, 0.25) is 5.91 Å². The molecule has 1 aromatic rings. The number of hydrogen-bond acceptors (Lipinski definition) is 2. The van der Waals surface area contributed by atoms with Crippen LogP contribution < -0.4 is 5.32 Å². The lowest BCUT2D eigenvalue weighted by Crippen LogP contribution is -2.36. The molecule has 0 saturated heterocycles. The number of carboxylic acid groups (broad SMARTS) is 1. The summed E-state index contributed by atoms with van der Waals surface area (Å²) in [6.07, 6.45) is 4.66. The number of carboxylic acids is 1. The van der Waals surface area contributed by atoms with Gasteiger partial charge in [0.1, 0.15) is 0 Å². The topological polar surface area (TPSA) is 66.4 Å². The van der Waals surface area contributed by atoms with Gasteiger partial charge in [-0.3, -0.25) is 9.59 Å². The van der Waals surface area contributed by atoms with Crippen LogP contribution >= 0.6 is 0 Å². The van der Waals surface area contributed by atoms with Gasteiger partial charge in [0.25, 0.3) is 0 Å². The van der Waals surface area contributed by atoms with E-state index in [2.05, 4.69) is 5.32 Å². The SMILES string of the molecule is CC(C(=O)O)c1ccc(NC(=O)C(C)(C)C2CCCC2)cc1. The van der Waals surface area contributed by atoms with Crippen LogP contribution in [0.4, 0.5) is 5.69 Å². The van der Waals surface area contributed by atoms with Gasteiger partial charge >= 0.3 is 5.97 Å². The first kappa shape index (κ1) is 16.5. The molecule has 1 aliphatic carbocycles. The third-order valence-corrected chi connectivity index (χ3v) is 5.00. The van der Waals surface area contributed by atoms with Crippen LogP contribution in [0.25, 0.3) is 0 Å². The molecule has 1 atom stereocenters. The standard InChI is InChI=1S/C18H25NO3/c1-12(16(20)21)13-8-10-15(11-9-13)19-17(22)18(2,3)14-6-4-5-7-14/h8-12,14H,4-7H2,1-3H3,(H,19,22)(H,20,21). The van der Waals surface area contributed by atoms with E-state index in [1.54, 1.807) is 31.2 Å². The molecule has 120 valence electrons. The van der Waals surface area contributed by atoms with Crippen LogP contribution in [0.15, 0.2) is 24.3 Å². The van der Waals surface area contributed by atoms with Gasteiger partial charge in [0, 0.05) is 11.1 Å². The summed E-state index contributed by atoms with van der Waals surface area (Å²) >= 11 is 0. The fourth-order valence-corrected chi connectivity index (χ4v) is 3.12. The minimum atomic E-state index is -0.848. The quantitative estimate of drug-likeness (QED) is 0.863. The zero-order chi connectivity index (χ0) is 16.3. The van der Waals surface area contributed by atoms with E-state index in [4.69, 9.17) is 5.11 Å². The first-order chi connectivity index (χ1) is 10.3. The third-order valence-electron chi connectivity index (χ3n) is 5.00. The Morgan fingerprint density at radius 1 is 1.18 bits per heavy atom. The zero-order valence-electron chi connectivity index (χ0n) is 13.6. The van der Waals surface area contributed by atoms with Crippen molar-refractivity contribution in [3.63, 3.8) is 0 Å².